The summed E-state index contributed by atoms with van der Waals surface area (Å²) in [5.41, 5.74) is 1.51. The highest BCUT2D eigenvalue weighted by Gasteiger charge is 2.20. The average molecular weight is 334 g/mol. The predicted octanol–water partition coefficient (Wildman–Crippen LogP) is 4.45. The molecule has 0 radical (unpaired) electrons. The predicted molar refractivity (Wildman–Crippen MR) is 92.5 cm³/mol. The van der Waals surface area contributed by atoms with E-state index in [1.165, 1.54) is 0 Å². The first kappa shape index (κ1) is 17.2. The summed E-state index contributed by atoms with van der Waals surface area (Å²) < 4.78 is 11.1. The molecule has 1 N–H and O–H groups in total. The van der Waals surface area contributed by atoms with Gasteiger partial charge in [-0.2, -0.15) is 0 Å². The standard InChI is InChI=1S/C18H20ClNO3/c1-4-15(23-17-11-6-5-10-16(17)22-3)18(21)20-14-9-7-8-13(19)12(14)2/h5-11,15H,4H2,1-3H3,(H,20,21)/t15-/m1/s1. The zero-order chi connectivity index (χ0) is 16.8. The summed E-state index contributed by atoms with van der Waals surface area (Å²) in [4.78, 5) is 12.5. The van der Waals surface area contributed by atoms with E-state index in [4.69, 9.17) is 21.1 Å². The quantitative estimate of drug-likeness (QED) is 0.849. The highest BCUT2D eigenvalue weighted by molar-refractivity contribution is 6.31. The van der Waals surface area contributed by atoms with Crippen LogP contribution in [0.4, 0.5) is 5.69 Å². The summed E-state index contributed by atoms with van der Waals surface area (Å²) >= 11 is 6.08. The summed E-state index contributed by atoms with van der Waals surface area (Å²) in [7, 11) is 1.57. The van der Waals surface area contributed by atoms with Gasteiger partial charge in [0.15, 0.2) is 17.6 Å². The second-order valence-corrected chi connectivity index (χ2v) is 5.47. The number of carbonyl (C=O) groups excluding carboxylic acids is 1. The van der Waals surface area contributed by atoms with Gasteiger partial charge in [0.25, 0.3) is 5.91 Å². The van der Waals surface area contributed by atoms with Crippen molar-refractivity contribution < 1.29 is 14.3 Å². The van der Waals surface area contributed by atoms with Crippen molar-refractivity contribution in [3.63, 3.8) is 0 Å². The lowest BCUT2D eigenvalue weighted by molar-refractivity contribution is -0.122. The summed E-state index contributed by atoms with van der Waals surface area (Å²) in [5.74, 6) is 0.918. The summed E-state index contributed by atoms with van der Waals surface area (Å²) in [6.07, 6.45) is -0.0894. The SMILES string of the molecule is CC[C@@H](Oc1ccccc1OC)C(=O)Nc1cccc(Cl)c1C. The van der Waals surface area contributed by atoms with Crippen molar-refractivity contribution in [2.75, 3.05) is 12.4 Å². The van der Waals surface area contributed by atoms with Crippen LogP contribution in [-0.4, -0.2) is 19.1 Å². The van der Waals surface area contributed by atoms with Crippen molar-refractivity contribution >= 4 is 23.2 Å². The van der Waals surface area contributed by atoms with Gasteiger partial charge < -0.3 is 14.8 Å². The molecule has 0 aliphatic rings. The van der Waals surface area contributed by atoms with Crippen LogP contribution >= 0.6 is 11.6 Å². The molecule has 0 heterocycles. The Morgan fingerprint density at radius 2 is 1.87 bits per heavy atom. The van der Waals surface area contributed by atoms with Gasteiger partial charge in [-0.15, -0.1) is 0 Å². The van der Waals surface area contributed by atoms with Crippen LogP contribution in [0.15, 0.2) is 42.5 Å². The maximum absolute atomic E-state index is 12.5. The third kappa shape index (κ3) is 4.17. The fraction of sp³-hybridized carbons (Fsp3) is 0.278. The second kappa shape index (κ2) is 7.88. The fourth-order valence-electron chi connectivity index (χ4n) is 2.15. The maximum atomic E-state index is 12.5. The molecule has 0 unspecified atom stereocenters. The lowest BCUT2D eigenvalue weighted by Crippen LogP contribution is -2.32. The summed E-state index contributed by atoms with van der Waals surface area (Å²) in [6, 6.07) is 12.7. The Morgan fingerprint density at radius 3 is 2.52 bits per heavy atom. The summed E-state index contributed by atoms with van der Waals surface area (Å²) in [6.45, 7) is 3.75. The topological polar surface area (TPSA) is 47.6 Å². The van der Waals surface area contributed by atoms with E-state index in [1.807, 2.05) is 32.0 Å². The van der Waals surface area contributed by atoms with Gasteiger partial charge in [-0.25, -0.2) is 0 Å². The van der Waals surface area contributed by atoms with E-state index in [9.17, 15) is 4.79 Å². The van der Waals surface area contributed by atoms with Crippen LogP contribution in [0.2, 0.25) is 5.02 Å². The van der Waals surface area contributed by atoms with E-state index in [0.29, 0.717) is 28.6 Å². The molecule has 0 fully saturated rings. The molecule has 0 aliphatic carbocycles. The normalized spacial score (nSPS) is 11.7. The van der Waals surface area contributed by atoms with Crippen LogP contribution in [-0.2, 0) is 4.79 Å². The van der Waals surface area contributed by atoms with E-state index >= 15 is 0 Å². The highest BCUT2D eigenvalue weighted by Crippen LogP contribution is 2.28. The molecule has 0 saturated heterocycles. The number of hydrogen-bond acceptors (Lipinski definition) is 3. The molecule has 0 aliphatic heterocycles. The minimum atomic E-state index is -0.621. The van der Waals surface area contributed by atoms with Gasteiger partial charge in [0.2, 0.25) is 0 Å². The van der Waals surface area contributed by atoms with E-state index in [-0.39, 0.29) is 5.91 Å². The fourth-order valence-corrected chi connectivity index (χ4v) is 2.32. The monoisotopic (exact) mass is 333 g/mol. The first-order valence-electron chi connectivity index (χ1n) is 7.42. The van der Waals surface area contributed by atoms with Crippen molar-refractivity contribution in [1.29, 1.82) is 0 Å². The van der Waals surface area contributed by atoms with E-state index < -0.39 is 6.10 Å². The Labute approximate surface area is 141 Å². The Bertz CT molecular complexity index is 688. The molecular weight excluding hydrogens is 314 g/mol. The van der Waals surface area contributed by atoms with Crippen LogP contribution < -0.4 is 14.8 Å². The molecule has 0 saturated carbocycles. The molecule has 0 aromatic heterocycles. The van der Waals surface area contributed by atoms with Gasteiger partial charge >= 0.3 is 0 Å². The molecule has 23 heavy (non-hydrogen) atoms. The second-order valence-electron chi connectivity index (χ2n) is 5.07. The lowest BCUT2D eigenvalue weighted by atomic mass is 10.2. The highest BCUT2D eigenvalue weighted by atomic mass is 35.5. The first-order valence-corrected chi connectivity index (χ1v) is 7.80. The van der Waals surface area contributed by atoms with Crippen molar-refractivity contribution in [2.45, 2.75) is 26.4 Å². The molecular formula is C18H20ClNO3. The minimum absolute atomic E-state index is 0.219. The van der Waals surface area contributed by atoms with Crippen LogP contribution in [0.25, 0.3) is 0 Å². The number of ether oxygens (including phenoxy) is 2. The zero-order valence-electron chi connectivity index (χ0n) is 13.4. The number of methoxy groups -OCH3 is 1. The van der Waals surface area contributed by atoms with Crippen LogP contribution in [0.3, 0.4) is 0 Å². The number of para-hydroxylation sites is 2. The largest absolute Gasteiger partial charge is 0.493 e. The third-order valence-electron chi connectivity index (χ3n) is 3.53. The van der Waals surface area contributed by atoms with Crippen molar-refractivity contribution in [2.24, 2.45) is 0 Å². The number of hydrogen-bond donors (Lipinski definition) is 1. The average Bonchev–Trinajstić information content (AvgIpc) is 2.57. The molecule has 5 heteroatoms. The Kier molecular flexibility index (Phi) is 5.88. The third-order valence-corrected chi connectivity index (χ3v) is 3.94. The number of benzene rings is 2. The van der Waals surface area contributed by atoms with Gasteiger partial charge in [0, 0.05) is 10.7 Å². The number of nitrogens with one attached hydrogen (secondary N) is 1. The molecule has 0 bridgehead atoms. The van der Waals surface area contributed by atoms with Crippen LogP contribution in [0, 0.1) is 6.92 Å². The number of carbonyl (C=O) groups is 1. The Morgan fingerprint density at radius 1 is 1.17 bits per heavy atom. The lowest BCUT2D eigenvalue weighted by Gasteiger charge is -2.19. The van der Waals surface area contributed by atoms with Gasteiger partial charge in [-0.1, -0.05) is 36.7 Å². The van der Waals surface area contributed by atoms with Gasteiger partial charge in [-0.05, 0) is 43.2 Å². The van der Waals surface area contributed by atoms with E-state index in [1.54, 1.807) is 31.4 Å². The zero-order valence-corrected chi connectivity index (χ0v) is 14.2. The molecule has 0 spiro atoms. The molecule has 4 nitrogen and oxygen atoms in total. The van der Waals surface area contributed by atoms with Crippen molar-refractivity contribution in [3.05, 3.63) is 53.1 Å². The van der Waals surface area contributed by atoms with Gasteiger partial charge in [0.05, 0.1) is 7.11 Å². The Hall–Kier alpha value is -2.20. The number of anilines is 1. The van der Waals surface area contributed by atoms with Gasteiger partial charge in [-0.3, -0.25) is 4.79 Å². The number of amides is 1. The van der Waals surface area contributed by atoms with Crippen molar-refractivity contribution in [1.82, 2.24) is 0 Å². The molecule has 122 valence electrons. The number of rotatable bonds is 6. The van der Waals surface area contributed by atoms with E-state index in [2.05, 4.69) is 5.32 Å². The van der Waals surface area contributed by atoms with Crippen LogP contribution in [0.1, 0.15) is 18.9 Å². The van der Waals surface area contributed by atoms with E-state index in [0.717, 1.165) is 5.56 Å². The minimum Gasteiger partial charge on any atom is -0.493 e. The van der Waals surface area contributed by atoms with Crippen LogP contribution in [0.5, 0.6) is 11.5 Å². The first-order chi connectivity index (χ1) is 11.1. The van der Waals surface area contributed by atoms with Gasteiger partial charge in [0.1, 0.15) is 0 Å². The number of halogens is 1. The Balaban J connectivity index is 2.14. The summed E-state index contributed by atoms with van der Waals surface area (Å²) in [5, 5.41) is 3.48. The maximum Gasteiger partial charge on any atom is 0.265 e. The molecule has 2 aromatic carbocycles. The molecule has 2 rings (SSSR count). The smallest absolute Gasteiger partial charge is 0.265 e. The molecule has 1 amide bonds. The molecule has 1 atom stereocenters. The molecule has 2 aromatic rings. The van der Waals surface area contributed by atoms with Crippen molar-refractivity contribution in [3.8, 4) is 11.5 Å².